The van der Waals surface area contributed by atoms with Gasteiger partial charge in [0.1, 0.15) is 10.6 Å². The van der Waals surface area contributed by atoms with Crippen LogP contribution in [-0.4, -0.2) is 33.3 Å². The number of halogens is 7. The van der Waals surface area contributed by atoms with E-state index in [2.05, 4.69) is 10.1 Å². The minimum Gasteiger partial charge on any atom is -0.504 e. The summed E-state index contributed by atoms with van der Waals surface area (Å²) in [6.45, 7) is 2.33. The van der Waals surface area contributed by atoms with Gasteiger partial charge in [0.2, 0.25) is 0 Å². The van der Waals surface area contributed by atoms with Gasteiger partial charge in [-0.3, -0.25) is 0 Å². The lowest BCUT2D eigenvalue weighted by Crippen LogP contribution is -2.07. The molecule has 0 bridgehead atoms. The third-order valence-electron chi connectivity index (χ3n) is 4.50. The summed E-state index contributed by atoms with van der Waals surface area (Å²) >= 11 is 12.2. The van der Waals surface area contributed by atoms with Gasteiger partial charge in [0, 0.05) is 6.21 Å². The molecule has 1 aromatic heterocycles. The van der Waals surface area contributed by atoms with Crippen LogP contribution in [0, 0.1) is 6.92 Å². The fourth-order valence-corrected chi connectivity index (χ4v) is 4.49. The summed E-state index contributed by atoms with van der Waals surface area (Å²) in [5, 5.41) is 12.0. The van der Waals surface area contributed by atoms with Crippen LogP contribution in [0.1, 0.15) is 23.7 Å². The molecule has 1 heterocycles. The molecule has 0 aliphatic rings. The van der Waals surface area contributed by atoms with Crippen LogP contribution in [0.5, 0.6) is 11.5 Å². The summed E-state index contributed by atoms with van der Waals surface area (Å²) in [7, 11) is -1.20. The number of phenols is 1. The van der Waals surface area contributed by atoms with E-state index in [1.165, 1.54) is 38.4 Å². The molecular weight excluding hydrogens is 524 g/mol. The number of hydrogen-bond donors (Lipinski definition) is 1. The first-order valence-corrected chi connectivity index (χ1v) is 11.2. The number of rotatable bonds is 5. The molecule has 1 atom stereocenters. The molecule has 1 unspecified atom stereocenters. The molecule has 3 rings (SSSR count). The molecule has 0 fully saturated rings. The van der Waals surface area contributed by atoms with E-state index in [1.54, 1.807) is 0 Å². The number of alkyl halides is 3. The molecule has 0 saturated heterocycles. The third kappa shape index (κ3) is 5.21. The first kappa shape index (κ1) is 26.0. The zero-order valence-corrected chi connectivity index (χ0v) is 20.0. The van der Waals surface area contributed by atoms with Crippen LogP contribution in [0.3, 0.4) is 0 Å². The molecule has 3 aromatic rings. The number of aromatic nitrogens is 2. The molecule has 0 aliphatic heterocycles. The molecule has 2 aromatic carbocycles. The number of methoxy groups -OCH3 is 1. The summed E-state index contributed by atoms with van der Waals surface area (Å²) in [4.78, 5) is 3.99. The Balaban J connectivity index is 2.27. The molecule has 182 valence electrons. The minimum absolute atomic E-state index is 0.0327. The van der Waals surface area contributed by atoms with Gasteiger partial charge in [-0.25, -0.2) is 14.1 Å². The molecule has 0 saturated carbocycles. The van der Waals surface area contributed by atoms with Gasteiger partial charge in [0.15, 0.2) is 22.4 Å². The quantitative estimate of drug-likeness (QED) is 0.157. The lowest BCUT2D eigenvalue weighted by molar-refractivity contribution is -0.137. The molecule has 0 aliphatic carbocycles. The number of aliphatic imine (C=N–C) groups is 1. The average molecular weight is 540 g/mol. The first-order valence-electron chi connectivity index (χ1n) is 9.32. The van der Waals surface area contributed by atoms with Crippen molar-refractivity contribution in [3.05, 3.63) is 57.2 Å². The van der Waals surface area contributed by atoms with E-state index in [4.69, 9.17) is 27.9 Å². The predicted octanol–water partition coefficient (Wildman–Crippen LogP) is 7.60. The van der Waals surface area contributed by atoms with Crippen molar-refractivity contribution >= 4 is 51.2 Å². The molecule has 0 radical (unpaired) electrons. The minimum atomic E-state index is -4.71. The zero-order valence-electron chi connectivity index (χ0n) is 17.7. The van der Waals surface area contributed by atoms with Crippen LogP contribution in [0.25, 0.3) is 5.69 Å². The van der Waals surface area contributed by atoms with Crippen LogP contribution in [-0.2, 0) is 6.18 Å². The molecule has 5 nitrogen and oxygen atoms in total. The number of aryl methyl sites for hydroxylation is 1. The maximum atomic E-state index is 14.8. The molecule has 13 heteroatoms. The highest BCUT2D eigenvalue weighted by atomic mass is 35.5. The van der Waals surface area contributed by atoms with Crippen LogP contribution >= 0.6 is 34.1 Å². The lowest BCUT2D eigenvalue weighted by Gasteiger charge is -2.13. The molecule has 0 amide bonds. The summed E-state index contributed by atoms with van der Waals surface area (Å²) in [6.07, 6.45) is -3.45. The first-order chi connectivity index (χ1) is 15.8. The van der Waals surface area contributed by atoms with Gasteiger partial charge in [-0.2, -0.15) is 22.2 Å². The molecule has 0 spiro atoms. The molecule has 1 N–H and O–H groups in total. The molecular formula is C21H16Cl2F5N3O2S. The Bertz CT molecular complexity index is 1300. The Morgan fingerprint density at radius 1 is 1.21 bits per heavy atom. The Morgan fingerprint density at radius 3 is 2.35 bits per heavy atom. The highest BCUT2D eigenvalue weighted by Gasteiger charge is 2.33. The predicted molar refractivity (Wildman–Crippen MR) is 124 cm³/mol. The van der Waals surface area contributed by atoms with Gasteiger partial charge < -0.3 is 9.84 Å². The van der Waals surface area contributed by atoms with Gasteiger partial charge >= 0.3 is 6.18 Å². The van der Waals surface area contributed by atoms with E-state index in [0.29, 0.717) is 17.7 Å². The third-order valence-corrected chi connectivity index (χ3v) is 6.41. The second kappa shape index (κ2) is 9.93. The Morgan fingerprint density at radius 2 is 1.82 bits per heavy atom. The van der Waals surface area contributed by atoms with Crippen molar-refractivity contribution in [1.29, 1.82) is 0 Å². The number of hydrogen-bond acceptors (Lipinski definition) is 4. The molecule has 34 heavy (non-hydrogen) atoms. The van der Waals surface area contributed by atoms with E-state index < -0.39 is 37.8 Å². The van der Waals surface area contributed by atoms with E-state index >= 15 is 0 Å². The average Bonchev–Trinajstić information content (AvgIpc) is 3.06. The summed E-state index contributed by atoms with van der Waals surface area (Å²) in [5.74, 6) is -0.214. The van der Waals surface area contributed by atoms with E-state index in [0.717, 1.165) is 11.6 Å². The van der Waals surface area contributed by atoms with E-state index in [-0.39, 0.29) is 33.6 Å². The zero-order chi connectivity index (χ0) is 25.4. The van der Waals surface area contributed by atoms with Gasteiger partial charge in [0.05, 0.1) is 39.3 Å². The van der Waals surface area contributed by atoms with Gasteiger partial charge in [0.25, 0.3) is 0 Å². The standard InChI is InChI=1S/C21H16Cl2F5N3O2S/c1-10-19(34(28)11(2)24)20(29-9-12-4-5-16(32)17(6-12)33-3)31(30-10)18-14(22)7-13(8-15(18)23)21(25,26)27/h4-9,32H,1-3H3/b29-9+. The highest BCUT2D eigenvalue weighted by molar-refractivity contribution is 8.11. The van der Waals surface area contributed by atoms with E-state index in [1.807, 2.05) is 0 Å². The van der Waals surface area contributed by atoms with Crippen LogP contribution < -0.4 is 4.74 Å². The Hall–Kier alpha value is -2.63. The highest BCUT2D eigenvalue weighted by Crippen LogP contribution is 2.44. The van der Waals surface area contributed by atoms with Crippen LogP contribution in [0.2, 0.25) is 10.0 Å². The maximum Gasteiger partial charge on any atom is 0.416 e. The largest absolute Gasteiger partial charge is 0.504 e. The Kier molecular flexibility index (Phi) is 7.59. The van der Waals surface area contributed by atoms with Crippen LogP contribution in [0.15, 0.2) is 40.2 Å². The topological polar surface area (TPSA) is 59.6 Å². The maximum absolute atomic E-state index is 14.8. The number of aromatic hydroxyl groups is 1. The van der Waals surface area contributed by atoms with Gasteiger partial charge in [-0.1, -0.05) is 23.2 Å². The number of ether oxygens (including phenoxy) is 1. The van der Waals surface area contributed by atoms with Crippen molar-refractivity contribution in [3.8, 4) is 17.2 Å². The van der Waals surface area contributed by atoms with Crippen molar-refractivity contribution < 1.29 is 31.3 Å². The normalized spacial score (nSPS) is 13.4. The van der Waals surface area contributed by atoms with Crippen molar-refractivity contribution in [2.24, 2.45) is 4.99 Å². The summed E-state index contributed by atoms with van der Waals surface area (Å²) in [6, 6.07) is 5.56. The van der Waals surface area contributed by atoms with E-state index in [9.17, 15) is 26.6 Å². The second-order valence-electron chi connectivity index (χ2n) is 6.85. The summed E-state index contributed by atoms with van der Waals surface area (Å²) < 4.78 is 74.1. The van der Waals surface area contributed by atoms with Crippen molar-refractivity contribution in [2.45, 2.75) is 24.9 Å². The van der Waals surface area contributed by atoms with Gasteiger partial charge in [-0.15, -0.1) is 0 Å². The fraction of sp³-hybridized carbons (Fsp3) is 0.190. The van der Waals surface area contributed by atoms with Crippen LogP contribution in [0.4, 0.5) is 27.3 Å². The number of nitrogens with zero attached hydrogens (tertiary/aromatic N) is 3. The van der Waals surface area contributed by atoms with Crippen molar-refractivity contribution in [1.82, 2.24) is 9.78 Å². The monoisotopic (exact) mass is 539 g/mol. The lowest BCUT2D eigenvalue weighted by atomic mass is 10.2. The fourth-order valence-electron chi connectivity index (χ4n) is 2.96. The second-order valence-corrected chi connectivity index (χ2v) is 9.15. The number of phenolic OH excluding ortho intramolecular Hbond substituents is 1. The smallest absolute Gasteiger partial charge is 0.416 e. The van der Waals surface area contributed by atoms with Crippen molar-refractivity contribution in [2.75, 3.05) is 7.11 Å². The summed E-state index contributed by atoms with van der Waals surface area (Å²) in [5.41, 5.74) is -0.829. The SMILES string of the molecule is COc1cc(/C=N/c2c(/S(F)=C(\C)F)c(C)nn2-c2c(Cl)cc(C(F)(F)F)cc2Cl)ccc1O. The Labute approximate surface area is 203 Å². The van der Waals surface area contributed by atoms with Crippen molar-refractivity contribution in [3.63, 3.8) is 0 Å². The van der Waals surface area contributed by atoms with Gasteiger partial charge in [-0.05, 0) is 49.7 Å². The number of benzene rings is 2.